The lowest BCUT2D eigenvalue weighted by molar-refractivity contribution is -0.967. The molecule has 4 heteroatoms. The van der Waals surface area contributed by atoms with Crippen LogP contribution in [0.2, 0.25) is 0 Å². The van der Waals surface area contributed by atoms with E-state index < -0.39 is 0 Å². The molecule has 0 bridgehead atoms. The zero-order chi connectivity index (χ0) is 25.9. The highest BCUT2D eigenvalue weighted by Crippen LogP contribution is 2.47. The van der Waals surface area contributed by atoms with E-state index in [1.807, 2.05) is 0 Å². The lowest BCUT2D eigenvalue weighted by atomic mass is 9.62. The van der Waals surface area contributed by atoms with Gasteiger partial charge in [-0.3, -0.25) is 0 Å². The molecule has 2 aliphatic rings. The number of halogens is 2. The Kier molecular flexibility index (Phi) is 14.8. The largest absolute Gasteiger partial charge is 1.00 e. The van der Waals surface area contributed by atoms with Crippen LogP contribution in [0.4, 0.5) is 0 Å². The highest BCUT2D eigenvalue weighted by molar-refractivity contribution is 4.87. The minimum atomic E-state index is 0. The molecule has 36 heavy (non-hydrogen) atoms. The Morgan fingerprint density at radius 3 is 1.22 bits per heavy atom. The molecule has 0 N–H and O–H groups in total. The van der Waals surface area contributed by atoms with Crippen LogP contribution in [0, 0.1) is 34.5 Å². The Bertz CT molecular complexity index is 574. The second-order valence-corrected chi connectivity index (χ2v) is 15.8. The van der Waals surface area contributed by atoms with Crippen LogP contribution in [0.3, 0.4) is 0 Å². The molecule has 0 aliphatic heterocycles. The minimum absolute atomic E-state index is 0. The van der Waals surface area contributed by atoms with Gasteiger partial charge in [0.2, 0.25) is 0 Å². The van der Waals surface area contributed by atoms with Gasteiger partial charge in [-0.25, -0.2) is 0 Å². The molecular formula is C32H66Br2N2. The summed E-state index contributed by atoms with van der Waals surface area (Å²) in [5.41, 5.74) is 1.07. The first-order valence-corrected chi connectivity index (χ1v) is 15.1. The topological polar surface area (TPSA) is 0 Å². The van der Waals surface area contributed by atoms with E-state index in [1.54, 1.807) is 0 Å². The maximum absolute atomic E-state index is 2.54. The zero-order valence-corrected chi connectivity index (χ0v) is 29.8. The van der Waals surface area contributed by atoms with Crippen LogP contribution in [0.15, 0.2) is 0 Å². The molecule has 0 aromatic heterocycles. The van der Waals surface area contributed by atoms with Crippen LogP contribution < -0.4 is 34.0 Å². The summed E-state index contributed by atoms with van der Waals surface area (Å²) in [5.74, 6) is 3.62. The molecule has 0 aromatic carbocycles. The Labute approximate surface area is 249 Å². The normalized spacial score (nSPS) is 30.0. The van der Waals surface area contributed by atoms with Gasteiger partial charge in [-0.1, -0.05) is 67.2 Å². The molecule has 2 aliphatic carbocycles. The first kappa shape index (κ1) is 36.9. The first-order valence-electron chi connectivity index (χ1n) is 15.1. The second-order valence-electron chi connectivity index (χ2n) is 15.8. The number of nitrogens with zero attached hydrogens (tertiary/aromatic N) is 2. The van der Waals surface area contributed by atoms with Crippen LogP contribution in [0.5, 0.6) is 0 Å². The van der Waals surface area contributed by atoms with E-state index in [-0.39, 0.29) is 34.0 Å². The molecule has 0 amide bonds. The van der Waals surface area contributed by atoms with E-state index in [0.29, 0.717) is 10.8 Å². The van der Waals surface area contributed by atoms with Crippen molar-refractivity contribution in [3.63, 3.8) is 0 Å². The summed E-state index contributed by atoms with van der Waals surface area (Å²) in [6.07, 6.45) is 14.2. The lowest BCUT2D eigenvalue weighted by Crippen LogP contribution is -3.00. The fraction of sp³-hybridized carbons (Fsp3) is 1.00. The lowest BCUT2D eigenvalue weighted by Gasteiger charge is -2.46. The van der Waals surface area contributed by atoms with Gasteiger partial charge in [-0.15, -0.1) is 0 Å². The van der Waals surface area contributed by atoms with Crippen molar-refractivity contribution in [2.75, 3.05) is 41.3 Å². The summed E-state index contributed by atoms with van der Waals surface area (Å²) >= 11 is 0. The SMILES string of the molecule is CC1CCCC(C)(C)C1CCC(C)[N+](C)(C)CC[N+](C)(C)C(C)CCC1C(C)CCCC1(C)C.[Br-].[Br-]. The summed E-state index contributed by atoms with van der Waals surface area (Å²) in [7, 11) is 9.99. The minimum Gasteiger partial charge on any atom is -1.00 e. The van der Waals surface area contributed by atoms with E-state index in [0.717, 1.165) is 35.8 Å². The summed E-state index contributed by atoms with van der Waals surface area (Å²) in [5, 5.41) is 0. The molecule has 2 rings (SSSR count). The molecule has 0 heterocycles. The van der Waals surface area contributed by atoms with Gasteiger partial charge >= 0.3 is 0 Å². The van der Waals surface area contributed by atoms with Crippen molar-refractivity contribution in [1.29, 1.82) is 0 Å². The third kappa shape index (κ3) is 9.81. The average molecular weight is 639 g/mol. The first-order chi connectivity index (χ1) is 15.5. The van der Waals surface area contributed by atoms with Crippen molar-refractivity contribution < 1.29 is 42.9 Å². The van der Waals surface area contributed by atoms with Crippen molar-refractivity contribution in [2.45, 2.75) is 132 Å². The smallest absolute Gasteiger partial charge is 0.128 e. The molecule has 0 spiro atoms. The average Bonchev–Trinajstić information content (AvgIpc) is 2.70. The molecule has 6 atom stereocenters. The molecule has 2 saturated carbocycles. The summed E-state index contributed by atoms with van der Waals surface area (Å²) in [6.45, 7) is 22.8. The number of likely N-dealkylation sites (N-methyl/N-ethyl adjacent to an activating group) is 2. The number of quaternary nitrogens is 2. The predicted molar refractivity (Wildman–Crippen MR) is 152 cm³/mol. The fourth-order valence-electron chi connectivity index (χ4n) is 7.92. The number of hydrogen-bond donors (Lipinski definition) is 0. The monoisotopic (exact) mass is 636 g/mol. The summed E-state index contributed by atoms with van der Waals surface area (Å²) < 4.78 is 2.34. The van der Waals surface area contributed by atoms with Crippen LogP contribution in [-0.2, 0) is 0 Å². The summed E-state index contributed by atoms with van der Waals surface area (Å²) in [6, 6.07) is 1.48. The van der Waals surface area contributed by atoms with Crippen molar-refractivity contribution >= 4 is 0 Å². The Morgan fingerprint density at radius 1 is 0.639 bits per heavy atom. The van der Waals surface area contributed by atoms with Crippen LogP contribution in [0.25, 0.3) is 0 Å². The van der Waals surface area contributed by atoms with E-state index in [9.17, 15) is 0 Å². The molecular weight excluding hydrogens is 572 g/mol. The molecule has 2 fully saturated rings. The fourth-order valence-corrected chi connectivity index (χ4v) is 7.92. The second kappa shape index (κ2) is 14.5. The van der Waals surface area contributed by atoms with Crippen molar-refractivity contribution in [3.05, 3.63) is 0 Å². The zero-order valence-electron chi connectivity index (χ0n) is 26.6. The maximum Gasteiger partial charge on any atom is 0.128 e. The van der Waals surface area contributed by atoms with Crippen molar-refractivity contribution in [2.24, 2.45) is 34.5 Å². The van der Waals surface area contributed by atoms with Gasteiger partial charge in [0.05, 0.1) is 40.3 Å². The van der Waals surface area contributed by atoms with E-state index >= 15 is 0 Å². The molecule has 218 valence electrons. The van der Waals surface area contributed by atoms with E-state index in [2.05, 4.69) is 83.6 Å². The molecule has 6 unspecified atom stereocenters. The van der Waals surface area contributed by atoms with Crippen molar-refractivity contribution in [3.8, 4) is 0 Å². The molecule has 2 nitrogen and oxygen atoms in total. The summed E-state index contributed by atoms with van der Waals surface area (Å²) in [4.78, 5) is 0. The maximum atomic E-state index is 2.54. The highest BCUT2D eigenvalue weighted by atomic mass is 79.9. The van der Waals surface area contributed by atoms with Gasteiger partial charge in [-0.05, 0) is 86.9 Å². The standard InChI is InChI=1S/C32H66N2.2BrH/c1-25-15-13-21-31(5,6)29(25)19-17-27(3)33(9,10)23-24-34(11,12)28(4)18-20-30-26(2)16-14-22-32(30,7)8;;/h25-30H,13-24H2,1-12H3;2*1H/q+2;;/p-2. The number of hydrogen-bond acceptors (Lipinski definition) is 0. The molecule has 0 radical (unpaired) electrons. The van der Waals surface area contributed by atoms with E-state index in [1.165, 1.54) is 86.3 Å². The van der Waals surface area contributed by atoms with Crippen LogP contribution in [0.1, 0.15) is 120 Å². The van der Waals surface area contributed by atoms with Crippen LogP contribution >= 0.6 is 0 Å². The Hall–Kier alpha value is 0.880. The van der Waals surface area contributed by atoms with Gasteiger partial charge in [0.1, 0.15) is 13.1 Å². The number of rotatable bonds is 11. The van der Waals surface area contributed by atoms with Gasteiger partial charge < -0.3 is 42.9 Å². The van der Waals surface area contributed by atoms with Crippen molar-refractivity contribution in [1.82, 2.24) is 0 Å². The Morgan fingerprint density at radius 2 is 0.944 bits per heavy atom. The third-order valence-corrected chi connectivity index (χ3v) is 11.8. The molecule has 0 aromatic rings. The van der Waals surface area contributed by atoms with Gasteiger partial charge in [0.15, 0.2) is 0 Å². The Balaban J connectivity index is 0.00000612. The van der Waals surface area contributed by atoms with E-state index in [4.69, 9.17) is 0 Å². The van der Waals surface area contributed by atoms with Gasteiger partial charge in [0.25, 0.3) is 0 Å². The van der Waals surface area contributed by atoms with Gasteiger partial charge in [0, 0.05) is 0 Å². The van der Waals surface area contributed by atoms with Gasteiger partial charge in [-0.2, -0.15) is 0 Å². The van der Waals surface area contributed by atoms with Crippen LogP contribution in [-0.4, -0.2) is 62.3 Å². The third-order valence-electron chi connectivity index (χ3n) is 11.8. The highest BCUT2D eigenvalue weighted by Gasteiger charge is 2.39. The quantitative estimate of drug-likeness (QED) is 0.305. The predicted octanol–water partition coefficient (Wildman–Crippen LogP) is 2.41. The molecule has 0 saturated heterocycles.